The molecule has 0 radical (unpaired) electrons. The number of piperidine rings is 1. The summed E-state index contributed by atoms with van der Waals surface area (Å²) in [5.74, 6) is 1.02. The first-order chi connectivity index (χ1) is 9.78. The van der Waals surface area contributed by atoms with Crippen molar-refractivity contribution in [2.45, 2.75) is 39.0 Å². The van der Waals surface area contributed by atoms with Gasteiger partial charge < -0.3 is 10.2 Å². The molecule has 1 aromatic rings. The Bertz CT molecular complexity index is 492. The molecule has 20 heavy (non-hydrogen) atoms. The highest BCUT2D eigenvalue weighted by atomic mass is 16.2. The van der Waals surface area contributed by atoms with Crippen molar-refractivity contribution in [3.63, 3.8) is 0 Å². The summed E-state index contributed by atoms with van der Waals surface area (Å²) >= 11 is 0. The normalized spacial score (nSPS) is 21.9. The minimum absolute atomic E-state index is 0.244. The largest absolute Gasteiger partial charge is 0.316 e. The Morgan fingerprint density at radius 2 is 2.35 bits per heavy atom. The molecular weight excluding hydrogens is 248 g/mol. The summed E-state index contributed by atoms with van der Waals surface area (Å²) in [4.78, 5) is 13.8. The fraction of sp³-hybridized carbons (Fsp3) is 0.588. The number of rotatable bonds is 3. The fourth-order valence-electron chi connectivity index (χ4n) is 3.46. The van der Waals surface area contributed by atoms with Gasteiger partial charge in [0, 0.05) is 18.7 Å². The number of benzene rings is 1. The molecule has 108 valence electrons. The number of nitrogens with one attached hydrogen (secondary N) is 1. The molecule has 0 bridgehead atoms. The summed E-state index contributed by atoms with van der Waals surface area (Å²) in [5.41, 5.74) is 3.93. The maximum absolute atomic E-state index is 11.9. The van der Waals surface area contributed by atoms with Gasteiger partial charge in [0.2, 0.25) is 5.91 Å². The van der Waals surface area contributed by atoms with Crippen LogP contribution in [0.5, 0.6) is 0 Å². The average Bonchev–Trinajstić information content (AvgIpc) is 2.90. The van der Waals surface area contributed by atoms with E-state index in [0.29, 0.717) is 6.42 Å². The molecule has 1 N–H and O–H groups in total. The molecule has 1 fully saturated rings. The minimum atomic E-state index is 0.244. The van der Waals surface area contributed by atoms with Gasteiger partial charge in [0.1, 0.15) is 0 Å². The Morgan fingerprint density at radius 3 is 3.10 bits per heavy atom. The Morgan fingerprint density at radius 1 is 1.45 bits per heavy atom. The molecule has 1 unspecified atom stereocenters. The van der Waals surface area contributed by atoms with Crippen molar-refractivity contribution in [1.82, 2.24) is 5.32 Å². The Hall–Kier alpha value is -1.35. The maximum atomic E-state index is 11.9. The van der Waals surface area contributed by atoms with Gasteiger partial charge in [0.15, 0.2) is 0 Å². The third-order valence-corrected chi connectivity index (χ3v) is 4.57. The van der Waals surface area contributed by atoms with E-state index in [0.717, 1.165) is 31.1 Å². The van der Waals surface area contributed by atoms with Crippen molar-refractivity contribution in [2.75, 3.05) is 24.5 Å². The quantitative estimate of drug-likeness (QED) is 0.917. The molecule has 1 atom stereocenters. The van der Waals surface area contributed by atoms with Gasteiger partial charge in [-0.3, -0.25) is 4.79 Å². The Labute approximate surface area is 121 Å². The third-order valence-electron chi connectivity index (χ3n) is 4.57. The van der Waals surface area contributed by atoms with E-state index < -0.39 is 0 Å². The molecular formula is C17H24N2O. The SMILES string of the molecule is CCC(=O)N1CCc2cc(CC3CCCNC3)ccc21. The lowest BCUT2D eigenvalue weighted by molar-refractivity contribution is -0.118. The standard InChI is InChI=1S/C17H24N2O/c1-2-17(20)19-9-7-15-11-13(5-6-16(15)19)10-14-4-3-8-18-12-14/h5-6,11,14,18H,2-4,7-10,12H2,1H3. The van der Waals surface area contributed by atoms with E-state index in [2.05, 4.69) is 23.5 Å². The number of nitrogens with zero attached hydrogens (tertiary/aromatic N) is 1. The lowest BCUT2D eigenvalue weighted by atomic mass is 9.91. The number of carbonyl (C=O) groups excluding carboxylic acids is 1. The Balaban J connectivity index is 1.72. The van der Waals surface area contributed by atoms with Crippen LogP contribution in [0.4, 0.5) is 5.69 Å². The Kier molecular flexibility index (Phi) is 4.06. The minimum Gasteiger partial charge on any atom is -0.316 e. The zero-order valence-corrected chi connectivity index (χ0v) is 12.3. The molecule has 1 saturated heterocycles. The second-order valence-corrected chi connectivity index (χ2v) is 6.03. The van der Waals surface area contributed by atoms with Crippen LogP contribution in [0.3, 0.4) is 0 Å². The fourth-order valence-corrected chi connectivity index (χ4v) is 3.46. The van der Waals surface area contributed by atoms with Crippen LogP contribution in [0.25, 0.3) is 0 Å². The van der Waals surface area contributed by atoms with Crippen LogP contribution in [0.2, 0.25) is 0 Å². The molecule has 0 aromatic heterocycles. The van der Waals surface area contributed by atoms with Crippen molar-refractivity contribution in [2.24, 2.45) is 5.92 Å². The molecule has 3 nitrogen and oxygen atoms in total. The topological polar surface area (TPSA) is 32.3 Å². The summed E-state index contributed by atoms with van der Waals surface area (Å²) < 4.78 is 0. The molecule has 0 saturated carbocycles. The van der Waals surface area contributed by atoms with Crippen LogP contribution in [0.15, 0.2) is 18.2 Å². The van der Waals surface area contributed by atoms with E-state index >= 15 is 0 Å². The van der Waals surface area contributed by atoms with Gasteiger partial charge in [-0.05, 0) is 61.9 Å². The molecule has 0 aliphatic carbocycles. The van der Waals surface area contributed by atoms with Crippen LogP contribution < -0.4 is 10.2 Å². The van der Waals surface area contributed by atoms with E-state index in [1.54, 1.807) is 0 Å². The summed E-state index contributed by atoms with van der Waals surface area (Å²) in [7, 11) is 0. The van der Waals surface area contributed by atoms with Gasteiger partial charge >= 0.3 is 0 Å². The number of hydrogen-bond donors (Lipinski definition) is 1. The molecule has 2 aliphatic rings. The summed E-state index contributed by atoms with van der Waals surface area (Å²) in [6.07, 6.45) is 5.41. The lowest BCUT2D eigenvalue weighted by Crippen LogP contribution is -2.30. The van der Waals surface area contributed by atoms with Crippen LogP contribution in [-0.4, -0.2) is 25.5 Å². The van der Waals surface area contributed by atoms with Gasteiger partial charge in [-0.15, -0.1) is 0 Å². The van der Waals surface area contributed by atoms with E-state index in [4.69, 9.17) is 0 Å². The molecule has 2 heterocycles. The molecule has 2 aliphatic heterocycles. The zero-order valence-electron chi connectivity index (χ0n) is 12.3. The average molecular weight is 272 g/mol. The molecule has 3 rings (SSSR count). The number of carbonyl (C=O) groups is 1. The highest BCUT2D eigenvalue weighted by Crippen LogP contribution is 2.30. The summed E-state index contributed by atoms with van der Waals surface area (Å²) in [5, 5.41) is 3.48. The van der Waals surface area contributed by atoms with Crippen LogP contribution in [0, 0.1) is 5.92 Å². The smallest absolute Gasteiger partial charge is 0.226 e. The van der Waals surface area contributed by atoms with Crippen LogP contribution >= 0.6 is 0 Å². The van der Waals surface area contributed by atoms with Crippen LogP contribution in [-0.2, 0) is 17.6 Å². The van der Waals surface area contributed by atoms with Crippen molar-refractivity contribution >= 4 is 11.6 Å². The highest BCUT2D eigenvalue weighted by Gasteiger charge is 2.24. The summed E-state index contributed by atoms with van der Waals surface area (Å²) in [6.45, 7) is 5.12. The lowest BCUT2D eigenvalue weighted by Gasteiger charge is -2.23. The molecule has 1 amide bonds. The van der Waals surface area contributed by atoms with Gasteiger partial charge in [-0.25, -0.2) is 0 Å². The van der Waals surface area contributed by atoms with Crippen molar-refractivity contribution in [1.29, 1.82) is 0 Å². The van der Waals surface area contributed by atoms with E-state index in [1.165, 1.54) is 36.9 Å². The van der Waals surface area contributed by atoms with Gasteiger partial charge in [0.05, 0.1) is 0 Å². The maximum Gasteiger partial charge on any atom is 0.226 e. The van der Waals surface area contributed by atoms with Crippen molar-refractivity contribution in [3.8, 4) is 0 Å². The van der Waals surface area contributed by atoms with Gasteiger partial charge in [-0.2, -0.15) is 0 Å². The van der Waals surface area contributed by atoms with E-state index in [9.17, 15) is 4.79 Å². The second kappa shape index (κ2) is 5.96. The predicted octanol–water partition coefficient (Wildman–Crippen LogP) is 2.53. The predicted molar refractivity (Wildman–Crippen MR) is 82.1 cm³/mol. The monoisotopic (exact) mass is 272 g/mol. The number of hydrogen-bond acceptors (Lipinski definition) is 2. The second-order valence-electron chi connectivity index (χ2n) is 6.03. The van der Waals surface area contributed by atoms with Crippen molar-refractivity contribution in [3.05, 3.63) is 29.3 Å². The van der Waals surface area contributed by atoms with Gasteiger partial charge in [-0.1, -0.05) is 19.1 Å². The number of amides is 1. The first kappa shape index (κ1) is 13.6. The van der Waals surface area contributed by atoms with Gasteiger partial charge in [0.25, 0.3) is 0 Å². The molecule has 0 spiro atoms. The third kappa shape index (κ3) is 2.73. The van der Waals surface area contributed by atoms with Crippen LogP contribution in [0.1, 0.15) is 37.3 Å². The van der Waals surface area contributed by atoms with E-state index in [1.807, 2.05) is 11.8 Å². The summed E-state index contributed by atoms with van der Waals surface area (Å²) in [6, 6.07) is 6.70. The number of anilines is 1. The highest BCUT2D eigenvalue weighted by molar-refractivity contribution is 5.95. The molecule has 1 aromatic carbocycles. The van der Waals surface area contributed by atoms with Crippen molar-refractivity contribution < 1.29 is 4.79 Å². The first-order valence-electron chi connectivity index (χ1n) is 7.91. The molecule has 3 heteroatoms. The van der Waals surface area contributed by atoms with E-state index in [-0.39, 0.29) is 5.91 Å². The first-order valence-corrected chi connectivity index (χ1v) is 7.91. The zero-order chi connectivity index (χ0) is 13.9. The number of fused-ring (bicyclic) bond motifs is 1.